The van der Waals surface area contributed by atoms with Gasteiger partial charge < -0.3 is 0 Å². The maximum Gasteiger partial charge on any atom is 0.187 e. The molecule has 0 heterocycles. The van der Waals surface area contributed by atoms with Crippen molar-refractivity contribution in [3.63, 3.8) is 0 Å². The standard InChI is InChI=1S/C5H11.Al.3H/c1-4-5(2)3;;;;/h4-5H,1-3H3;;;;. The average Bonchev–Trinajstić information content (AvgIpc) is 1.38. The lowest BCUT2D eigenvalue weighted by Gasteiger charge is -1.90. The number of hydrogen-bond acceptors (Lipinski definition) is 0. The molecule has 0 N–H and O–H groups in total. The van der Waals surface area contributed by atoms with E-state index in [0.717, 1.165) is 5.92 Å². The van der Waals surface area contributed by atoms with E-state index in [9.17, 15) is 0 Å². The Balaban J connectivity index is 0. The summed E-state index contributed by atoms with van der Waals surface area (Å²) in [6.07, 6.45) is 2.17. The summed E-state index contributed by atoms with van der Waals surface area (Å²) in [7, 11) is 0. The van der Waals surface area contributed by atoms with E-state index < -0.39 is 0 Å². The molecule has 0 aromatic carbocycles. The van der Waals surface area contributed by atoms with Gasteiger partial charge in [-0.25, -0.2) is 0 Å². The van der Waals surface area contributed by atoms with Crippen molar-refractivity contribution in [1.29, 1.82) is 0 Å². The van der Waals surface area contributed by atoms with Crippen LogP contribution in [0.2, 0.25) is 0 Å². The van der Waals surface area contributed by atoms with Gasteiger partial charge in [-0.1, -0.05) is 20.8 Å². The lowest BCUT2D eigenvalue weighted by molar-refractivity contribution is 0.762. The van der Waals surface area contributed by atoms with Crippen LogP contribution in [0.25, 0.3) is 0 Å². The first-order valence-electron chi connectivity index (χ1n) is 2.07. The van der Waals surface area contributed by atoms with Crippen LogP contribution in [-0.4, -0.2) is 17.4 Å². The molecule has 0 amide bonds. The summed E-state index contributed by atoms with van der Waals surface area (Å²) in [6, 6.07) is 0. The van der Waals surface area contributed by atoms with Gasteiger partial charge >= 0.3 is 0 Å². The normalized spacial score (nSPS) is 8.00. The van der Waals surface area contributed by atoms with Gasteiger partial charge in [0.05, 0.1) is 0 Å². The Morgan fingerprint density at radius 2 is 1.50 bits per heavy atom. The van der Waals surface area contributed by atoms with Crippen LogP contribution in [0.4, 0.5) is 0 Å². The van der Waals surface area contributed by atoms with Crippen molar-refractivity contribution < 1.29 is 0 Å². The van der Waals surface area contributed by atoms with Crippen LogP contribution in [0.1, 0.15) is 20.8 Å². The molecule has 0 spiro atoms. The smallest absolute Gasteiger partial charge is 0.0625 e. The van der Waals surface area contributed by atoms with Crippen molar-refractivity contribution in [1.82, 2.24) is 0 Å². The predicted octanol–water partition coefficient (Wildman–Crippen LogP) is 0.683. The topological polar surface area (TPSA) is 0 Å². The summed E-state index contributed by atoms with van der Waals surface area (Å²) >= 11 is 0. The van der Waals surface area contributed by atoms with Gasteiger partial charge in [0, 0.05) is 0 Å². The van der Waals surface area contributed by atoms with Gasteiger partial charge in [-0.2, -0.15) is 0 Å². The van der Waals surface area contributed by atoms with Gasteiger partial charge in [-0.3, -0.25) is 0 Å². The summed E-state index contributed by atoms with van der Waals surface area (Å²) in [5.41, 5.74) is 0. The van der Waals surface area contributed by atoms with Crippen LogP contribution in [0, 0.1) is 12.3 Å². The Morgan fingerprint density at radius 3 is 1.50 bits per heavy atom. The third-order valence-electron chi connectivity index (χ3n) is 0.667. The third kappa shape index (κ3) is 8.82. The molecule has 0 saturated heterocycles. The van der Waals surface area contributed by atoms with Gasteiger partial charge in [0.15, 0.2) is 17.4 Å². The van der Waals surface area contributed by atoms with Gasteiger partial charge in [0.25, 0.3) is 0 Å². The highest BCUT2D eigenvalue weighted by Crippen LogP contribution is 1.92. The fourth-order valence-corrected chi connectivity index (χ4v) is 0. The summed E-state index contributed by atoms with van der Waals surface area (Å²) in [5.74, 6) is 0.759. The first-order chi connectivity index (χ1) is 2.27. The van der Waals surface area contributed by atoms with E-state index in [1.54, 1.807) is 0 Å². The molecule has 0 aliphatic heterocycles. The predicted molar refractivity (Wildman–Crippen MR) is 34.8 cm³/mol. The molecule has 0 bridgehead atoms. The summed E-state index contributed by atoms with van der Waals surface area (Å²) in [5, 5.41) is 0. The van der Waals surface area contributed by atoms with Crippen LogP contribution in [0.15, 0.2) is 0 Å². The van der Waals surface area contributed by atoms with Crippen molar-refractivity contribution in [2.75, 3.05) is 0 Å². The number of rotatable bonds is 1. The van der Waals surface area contributed by atoms with E-state index in [0.29, 0.717) is 0 Å². The van der Waals surface area contributed by atoms with E-state index >= 15 is 0 Å². The van der Waals surface area contributed by atoms with Crippen LogP contribution in [0.5, 0.6) is 0 Å². The van der Waals surface area contributed by atoms with Crippen molar-refractivity contribution in [2.24, 2.45) is 5.92 Å². The monoisotopic (exact) mass is 101 g/mol. The highest BCUT2D eigenvalue weighted by atomic mass is 27.0. The molecule has 1 radical (unpaired) electrons. The van der Waals surface area contributed by atoms with Crippen molar-refractivity contribution in [2.45, 2.75) is 20.8 Å². The number of hydrogen-bond donors (Lipinski definition) is 0. The van der Waals surface area contributed by atoms with E-state index in [1.165, 1.54) is 0 Å². The van der Waals surface area contributed by atoms with Crippen LogP contribution < -0.4 is 0 Å². The quantitative estimate of drug-likeness (QED) is 0.426. The molecule has 0 fully saturated rings. The minimum absolute atomic E-state index is 0. The Kier molecular flexibility index (Phi) is 8.97. The molecule has 0 rings (SSSR count). The van der Waals surface area contributed by atoms with Crippen molar-refractivity contribution >= 4 is 17.4 Å². The molecule has 0 unspecified atom stereocenters. The SMILES string of the molecule is C[CH]C(C)C.[AlH3]. The zero-order chi connectivity index (χ0) is 4.28. The Labute approximate surface area is 51.1 Å². The van der Waals surface area contributed by atoms with Gasteiger partial charge in [-0.05, 0) is 12.3 Å². The van der Waals surface area contributed by atoms with Crippen molar-refractivity contribution in [3.8, 4) is 0 Å². The second-order valence-corrected chi connectivity index (χ2v) is 1.58. The molecule has 0 aliphatic rings. The summed E-state index contributed by atoms with van der Waals surface area (Å²) in [6.45, 7) is 6.41. The molecular weight excluding hydrogens is 87.0 g/mol. The molecule has 0 saturated carbocycles. The molecule has 37 valence electrons. The Hall–Kier alpha value is 0.532. The van der Waals surface area contributed by atoms with Crippen LogP contribution in [-0.2, 0) is 0 Å². The van der Waals surface area contributed by atoms with Gasteiger partial charge in [0.1, 0.15) is 0 Å². The third-order valence-corrected chi connectivity index (χ3v) is 0.667. The van der Waals surface area contributed by atoms with Gasteiger partial charge in [-0.15, -0.1) is 0 Å². The second-order valence-electron chi connectivity index (χ2n) is 1.58. The molecule has 0 nitrogen and oxygen atoms in total. The van der Waals surface area contributed by atoms with E-state index in [4.69, 9.17) is 0 Å². The molecule has 0 aromatic heterocycles. The maximum atomic E-state index is 2.17. The van der Waals surface area contributed by atoms with Gasteiger partial charge in [0.2, 0.25) is 0 Å². The first-order valence-corrected chi connectivity index (χ1v) is 2.07. The first kappa shape index (κ1) is 9.73. The lowest BCUT2D eigenvalue weighted by Crippen LogP contribution is -1.78. The van der Waals surface area contributed by atoms with E-state index in [-0.39, 0.29) is 17.4 Å². The van der Waals surface area contributed by atoms with E-state index in [2.05, 4.69) is 27.2 Å². The van der Waals surface area contributed by atoms with E-state index in [1.807, 2.05) is 0 Å². The lowest BCUT2D eigenvalue weighted by atomic mass is 10.2. The highest BCUT2D eigenvalue weighted by Gasteiger charge is 1.80. The molecule has 0 atom stereocenters. The fraction of sp³-hybridized carbons (Fsp3) is 0.800. The summed E-state index contributed by atoms with van der Waals surface area (Å²) in [4.78, 5) is 0. The molecular formula is C5H14Al. The highest BCUT2D eigenvalue weighted by molar-refractivity contribution is 5.75. The summed E-state index contributed by atoms with van der Waals surface area (Å²) < 4.78 is 0. The zero-order valence-electron chi connectivity index (χ0n) is 4.15. The Bertz CT molecular complexity index is 17.9. The largest absolute Gasteiger partial charge is 0.187 e. The van der Waals surface area contributed by atoms with Crippen molar-refractivity contribution in [3.05, 3.63) is 6.42 Å². The molecule has 0 aliphatic carbocycles. The average molecular weight is 101 g/mol. The fourth-order valence-electron chi connectivity index (χ4n) is 0. The minimum atomic E-state index is 0. The maximum absolute atomic E-state index is 2.17. The molecule has 6 heavy (non-hydrogen) atoms. The molecule has 0 aromatic rings. The zero-order valence-corrected chi connectivity index (χ0v) is 4.15. The second kappa shape index (κ2) is 5.53. The van der Waals surface area contributed by atoms with Crippen LogP contribution >= 0.6 is 0 Å². The molecule has 1 heteroatoms. The van der Waals surface area contributed by atoms with Crippen LogP contribution in [0.3, 0.4) is 0 Å². The minimum Gasteiger partial charge on any atom is -0.0625 e. The Morgan fingerprint density at radius 1 is 1.33 bits per heavy atom.